The second kappa shape index (κ2) is 6.38. The molecule has 0 bridgehead atoms. The molecule has 0 aromatic rings. The largest absolute Gasteiger partial charge is 0.396 e. The summed E-state index contributed by atoms with van der Waals surface area (Å²) in [5.41, 5.74) is -0.223. The van der Waals surface area contributed by atoms with Crippen LogP contribution in [0.25, 0.3) is 0 Å². The molecule has 1 aliphatic carbocycles. The Balaban J connectivity index is 2.21. The molecule has 0 heterocycles. The fraction of sp³-hybridized carbons (Fsp3) is 0.923. The average Bonchev–Trinajstić information content (AvgIpc) is 2.26. The normalized spacial score (nSPS) is 18.0. The highest BCUT2D eigenvalue weighted by Crippen LogP contribution is 2.34. The van der Waals surface area contributed by atoms with Crippen LogP contribution in [0.4, 0.5) is 4.79 Å². The molecule has 0 spiro atoms. The monoisotopic (exact) mass is 258 g/mol. The number of hydrogen-bond donors (Lipinski definition) is 3. The van der Waals surface area contributed by atoms with E-state index in [1.807, 2.05) is 13.8 Å². The van der Waals surface area contributed by atoms with Gasteiger partial charge in [-0.25, -0.2) is 4.79 Å². The number of ether oxygens (including phenoxy) is 1. The van der Waals surface area contributed by atoms with Crippen LogP contribution in [0.3, 0.4) is 0 Å². The topological polar surface area (TPSA) is 70.6 Å². The smallest absolute Gasteiger partial charge is 0.314 e. The van der Waals surface area contributed by atoms with Crippen LogP contribution in [-0.2, 0) is 4.74 Å². The SMILES string of the molecule is COC1(CNC(=O)NCC(C)(C)CCO)CCC1. The summed E-state index contributed by atoms with van der Waals surface area (Å²) in [4.78, 5) is 11.7. The maximum absolute atomic E-state index is 11.7. The van der Waals surface area contributed by atoms with Crippen molar-refractivity contribution < 1.29 is 14.6 Å². The number of hydrogen-bond acceptors (Lipinski definition) is 3. The summed E-state index contributed by atoms with van der Waals surface area (Å²) in [7, 11) is 1.70. The Hall–Kier alpha value is -0.810. The van der Waals surface area contributed by atoms with Crippen molar-refractivity contribution in [3.05, 3.63) is 0 Å². The predicted molar refractivity (Wildman–Crippen MR) is 70.5 cm³/mol. The van der Waals surface area contributed by atoms with Gasteiger partial charge >= 0.3 is 6.03 Å². The standard InChI is InChI=1S/C13H26N2O3/c1-12(2,7-8-16)9-14-11(17)15-10-13(18-3)5-4-6-13/h16H,4-10H2,1-3H3,(H2,14,15,17). The number of methoxy groups -OCH3 is 1. The Morgan fingerprint density at radius 2 is 2.06 bits per heavy atom. The molecule has 2 amide bonds. The molecular formula is C13H26N2O3. The number of aliphatic hydroxyl groups is 1. The Kier molecular flexibility index (Phi) is 5.41. The summed E-state index contributed by atoms with van der Waals surface area (Å²) < 4.78 is 5.43. The zero-order chi connectivity index (χ0) is 13.6. The van der Waals surface area contributed by atoms with Gasteiger partial charge in [-0.2, -0.15) is 0 Å². The molecule has 18 heavy (non-hydrogen) atoms. The molecule has 0 unspecified atom stereocenters. The Labute approximate surface area is 109 Å². The van der Waals surface area contributed by atoms with Crippen LogP contribution in [0.5, 0.6) is 0 Å². The highest BCUT2D eigenvalue weighted by molar-refractivity contribution is 5.73. The third-order valence-corrected chi connectivity index (χ3v) is 3.78. The quantitative estimate of drug-likeness (QED) is 0.644. The maximum atomic E-state index is 11.7. The van der Waals surface area contributed by atoms with E-state index in [1.54, 1.807) is 7.11 Å². The van der Waals surface area contributed by atoms with Crippen LogP contribution < -0.4 is 10.6 Å². The van der Waals surface area contributed by atoms with Crippen molar-refractivity contribution in [1.82, 2.24) is 10.6 Å². The minimum absolute atomic E-state index is 0.0818. The minimum atomic E-state index is -0.163. The zero-order valence-electron chi connectivity index (χ0n) is 11.7. The minimum Gasteiger partial charge on any atom is -0.396 e. The molecule has 0 aromatic carbocycles. The Morgan fingerprint density at radius 1 is 1.39 bits per heavy atom. The first-order valence-electron chi connectivity index (χ1n) is 6.61. The number of carbonyl (C=O) groups is 1. The zero-order valence-corrected chi connectivity index (χ0v) is 11.7. The second-order valence-corrected chi connectivity index (χ2v) is 5.91. The summed E-state index contributed by atoms with van der Waals surface area (Å²) in [6.45, 7) is 5.30. The van der Waals surface area contributed by atoms with Crippen molar-refractivity contribution in [2.45, 2.75) is 45.1 Å². The van der Waals surface area contributed by atoms with Crippen molar-refractivity contribution in [3.8, 4) is 0 Å². The van der Waals surface area contributed by atoms with Crippen LogP contribution in [0.2, 0.25) is 0 Å². The van der Waals surface area contributed by atoms with E-state index in [0.717, 1.165) is 12.8 Å². The molecule has 106 valence electrons. The maximum Gasteiger partial charge on any atom is 0.314 e. The lowest BCUT2D eigenvalue weighted by molar-refractivity contribution is -0.0674. The highest BCUT2D eigenvalue weighted by Gasteiger charge is 2.37. The number of urea groups is 1. The fourth-order valence-corrected chi connectivity index (χ4v) is 2.04. The number of amides is 2. The van der Waals surface area contributed by atoms with Gasteiger partial charge in [0.25, 0.3) is 0 Å². The van der Waals surface area contributed by atoms with Crippen LogP contribution in [0.1, 0.15) is 39.5 Å². The number of carbonyl (C=O) groups excluding carboxylic acids is 1. The molecule has 0 aromatic heterocycles. The second-order valence-electron chi connectivity index (χ2n) is 5.91. The molecular weight excluding hydrogens is 232 g/mol. The van der Waals surface area contributed by atoms with Gasteiger partial charge in [-0.15, -0.1) is 0 Å². The third kappa shape index (κ3) is 4.46. The summed E-state index contributed by atoms with van der Waals surface area (Å²) in [6.07, 6.45) is 3.87. The molecule has 3 N–H and O–H groups in total. The Bertz CT molecular complexity index is 270. The summed E-state index contributed by atoms with van der Waals surface area (Å²) in [5.74, 6) is 0. The molecule has 1 rings (SSSR count). The fourth-order valence-electron chi connectivity index (χ4n) is 2.04. The third-order valence-electron chi connectivity index (χ3n) is 3.78. The van der Waals surface area contributed by atoms with Crippen molar-refractivity contribution in [2.75, 3.05) is 26.8 Å². The molecule has 0 atom stereocenters. The van der Waals surface area contributed by atoms with E-state index < -0.39 is 0 Å². The van der Waals surface area contributed by atoms with Crippen molar-refractivity contribution in [1.29, 1.82) is 0 Å². The van der Waals surface area contributed by atoms with E-state index >= 15 is 0 Å². The molecule has 0 radical (unpaired) electrons. The first-order chi connectivity index (χ1) is 8.43. The molecule has 1 aliphatic rings. The van der Waals surface area contributed by atoms with Crippen LogP contribution in [-0.4, -0.2) is 43.5 Å². The van der Waals surface area contributed by atoms with Gasteiger partial charge in [0.2, 0.25) is 0 Å². The van der Waals surface area contributed by atoms with E-state index in [0.29, 0.717) is 19.5 Å². The molecule has 1 fully saturated rings. The van der Waals surface area contributed by atoms with Gasteiger partial charge in [0.15, 0.2) is 0 Å². The average molecular weight is 258 g/mol. The Morgan fingerprint density at radius 3 is 2.50 bits per heavy atom. The van der Waals surface area contributed by atoms with Gasteiger partial charge in [-0.05, 0) is 31.1 Å². The van der Waals surface area contributed by atoms with Gasteiger partial charge in [-0.1, -0.05) is 13.8 Å². The molecule has 1 saturated carbocycles. The van der Waals surface area contributed by atoms with Crippen molar-refractivity contribution >= 4 is 6.03 Å². The van der Waals surface area contributed by atoms with E-state index in [9.17, 15) is 4.79 Å². The van der Waals surface area contributed by atoms with E-state index in [1.165, 1.54) is 6.42 Å². The highest BCUT2D eigenvalue weighted by atomic mass is 16.5. The number of aliphatic hydroxyl groups excluding tert-OH is 1. The van der Waals surface area contributed by atoms with Gasteiger partial charge in [0, 0.05) is 26.8 Å². The van der Waals surface area contributed by atoms with Gasteiger partial charge in [0.1, 0.15) is 0 Å². The van der Waals surface area contributed by atoms with Crippen LogP contribution >= 0.6 is 0 Å². The lowest BCUT2D eigenvalue weighted by Crippen LogP contribution is -2.52. The first kappa shape index (κ1) is 15.2. The molecule has 5 heteroatoms. The molecule has 0 aliphatic heterocycles. The van der Waals surface area contributed by atoms with Gasteiger partial charge in [0.05, 0.1) is 5.60 Å². The van der Waals surface area contributed by atoms with Gasteiger partial charge in [-0.3, -0.25) is 0 Å². The molecule has 5 nitrogen and oxygen atoms in total. The van der Waals surface area contributed by atoms with E-state index in [-0.39, 0.29) is 23.7 Å². The number of rotatable bonds is 7. The molecule has 0 saturated heterocycles. The summed E-state index contributed by atoms with van der Waals surface area (Å²) in [5, 5.41) is 14.6. The van der Waals surface area contributed by atoms with Crippen molar-refractivity contribution in [3.63, 3.8) is 0 Å². The predicted octanol–water partition coefficient (Wildman–Crippen LogP) is 1.26. The number of nitrogens with one attached hydrogen (secondary N) is 2. The van der Waals surface area contributed by atoms with Crippen LogP contribution in [0, 0.1) is 5.41 Å². The van der Waals surface area contributed by atoms with Crippen molar-refractivity contribution in [2.24, 2.45) is 5.41 Å². The van der Waals surface area contributed by atoms with E-state index in [2.05, 4.69) is 10.6 Å². The summed E-state index contributed by atoms with van der Waals surface area (Å²) in [6, 6.07) is -0.163. The lowest BCUT2D eigenvalue weighted by Gasteiger charge is -2.40. The van der Waals surface area contributed by atoms with Crippen LogP contribution in [0.15, 0.2) is 0 Å². The summed E-state index contributed by atoms with van der Waals surface area (Å²) >= 11 is 0. The van der Waals surface area contributed by atoms with E-state index in [4.69, 9.17) is 9.84 Å². The van der Waals surface area contributed by atoms with Gasteiger partial charge < -0.3 is 20.5 Å². The first-order valence-corrected chi connectivity index (χ1v) is 6.61. The lowest BCUT2D eigenvalue weighted by atomic mass is 9.80.